The van der Waals surface area contributed by atoms with Gasteiger partial charge in [-0.15, -0.1) is 0 Å². The normalized spacial score (nSPS) is 11.8. The molecule has 6 heteroatoms. The van der Waals surface area contributed by atoms with Gasteiger partial charge in [0, 0.05) is 60.4 Å². The molecule has 0 aliphatic rings. The number of hydrogen-bond donors (Lipinski definition) is 0. The maximum absolute atomic E-state index is 6.97. The summed E-state index contributed by atoms with van der Waals surface area (Å²) in [5, 5.41) is 6.67. The van der Waals surface area contributed by atoms with Gasteiger partial charge in [0.05, 0.1) is 22.1 Å². The van der Waals surface area contributed by atoms with Gasteiger partial charge >= 0.3 is 0 Å². The smallest absolute Gasteiger partial charge is 0.164 e. The highest BCUT2D eigenvalue weighted by Gasteiger charge is 2.24. The Labute approximate surface area is 361 Å². The molecule has 0 aliphatic heterocycles. The van der Waals surface area contributed by atoms with Gasteiger partial charge in [-0.3, -0.25) is 0 Å². The van der Waals surface area contributed by atoms with Crippen LogP contribution in [0.25, 0.3) is 122 Å². The second-order valence-electron chi connectivity index (χ2n) is 16.0. The molecule has 13 rings (SSSR count). The molecule has 0 bridgehead atoms. The van der Waals surface area contributed by atoms with E-state index in [1.807, 2.05) is 36.4 Å². The first kappa shape index (κ1) is 35.2. The molecule has 0 aliphatic carbocycles. The van der Waals surface area contributed by atoms with Crippen LogP contribution in [0.5, 0.6) is 0 Å². The van der Waals surface area contributed by atoms with Crippen LogP contribution in [-0.4, -0.2) is 24.1 Å². The number of benzene rings is 9. The molecule has 0 saturated carbocycles. The first-order valence-corrected chi connectivity index (χ1v) is 21.2. The SMILES string of the molecule is c1ccc(-c2ccc(-c3nc(-c4ccccc4)nc(-c4cccc5c4c4ccc6c7cc(-n8c9ccccc9c9ccccc98)ccc7oc6c4n5-c4ccccc4)n3)cc2)cc1. The zero-order chi connectivity index (χ0) is 41.4. The third-order valence-corrected chi connectivity index (χ3v) is 12.4. The minimum absolute atomic E-state index is 0.601. The zero-order valence-corrected chi connectivity index (χ0v) is 33.9. The van der Waals surface area contributed by atoms with Gasteiger partial charge in [0.15, 0.2) is 23.1 Å². The lowest BCUT2D eigenvalue weighted by atomic mass is 10.0. The molecule has 63 heavy (non-hydrogen) atoms. The van der Waals surface area contributed by atoms with E-state index >= 15 is 0 Å². The quantitative estimate of drug-likeness (QED) is 0.168. The molecule has 0 amide bonds. The fraction of sp³-hybridized carbons (Fsp3) is 0. The summed E-state index contributed by atoms with van der Waals surface area (Å²) in [5.41, 5.74) is 13.2. The summed E-state index contributed by atoms with van der Waals surface area (Å²) in [7, 11) is 0. The predicted molar refractivity (Wildman–Crippen MR) is 258 cm³/mol. The highest BCUT2D eigenvalue weighted by atomic mass is 16.3. The molecule has 294 valence electrons. The number of fused-ring (bicyclic) bond motifs is 10. The lowest BCUT2D eigenvalue weighted by molar-refractivity contribution is 0.671. The van der Waals surface area contributed by atoms with Crippen LogP contribution in [0.4, 0.5) is 0 Å². The molecule has 9 aromatic carbocycles. The minimum atomic E-state index is 0.601. The Hall–Kier alpha value is -8.61. The molecular weight excluding hydrogens is 771 g/mol. The lowest BCUT2D eigenvalue weighted by Crippen LogP contribution is -2.00. The topological polar surface area (TPSA) is 61.7 Å². The Balaban J connectivity index is 1.05. The van der Waals surface area contributed by atoms with Crippen molar-refractivity contribution >= 4 is 65.6 Å². The van der Waals surface area contributed by atoms with Crippen LogP contribution < -0.4 is 0 Å². The molecule has 0 N–H and O–H groups in total. The number of para-hydroxylation sites is 3. The number of nitrogens with zero attached hydrogens (tertiary/aromatic N) is 5. The van der Waals surface area contributed by atoms with Crippen LogP contribution >= 0.6 is 0 Å². The Morgan fingerprint density at radius 2 is 0.873 bits per heavy atom. The van der Waals surface area contributed by atoms with E-state index in [9.17, 15) is 0 Å². The molecule has 4 aromatic heterocycles. The van der Waals surface area contributed by atoms with Gasteiger partial charge in [-0.2, -0.15) is 0 Å². The molecule has 0 radical (unpaired) electrons. The number of furan rings is 1. The summed E-state index contributed by atoms with van der Waals surface area (Å²) in [5.74, 6) is 1.83. The lowest BCUT2D eigenvalue weighted by Gasteiger charge is -2.11. The molecule has 6 nitrogen and oxygen atoms in total. The first-order valence-electron chi connectivity index (χ1n) is 21.2. The highest BCUT2D eigenvalue weighted by molar-refractivity contribution is 6.24. The van der Waals surface area contributed by atoms with E-state index in [0.717, 1.165) is 82.9 Å². The zero-order valence-electron chi connectivity index (χ0n) is 33.9. The van der Waals surface area contributed by atoms with Crippen LogP contribution in [0.2, 0.25) is 0 Å². The molecule has 0 spiro atoms. The third kappa shape index (κ3) is 5.55. The van der Waals surface area contributed by atoms with Crippen molar-refractivity contribution in [2.45, 2.75) is 0 Å². The van der Waals surface area contributed by atoms with Crippen molar-refractivity contribution in [2.75, 3.05) is 0 Å². The van der Waals surface area contributed by atoms with Gasteiger partial charge in [-0.05, 0) is 65.7 Å². The van der Waals surface area contributed by atoms with Gasteiger partial charge in [0.25, 0.3) is 0 Å². The number of rotatable bonds is 6. The molecule has 0 atom stereocenters. The standard InChI is InChI=1S/C57H35N5O/c1-4-15-36(16-5-1)37-27-29-39(30-28-37)56-58-55(38-17-6-2-7-18-38)59-57(60-56)46-23-14-26-50-52(46)45-33-32-44-47-35-41(61-48-24-12-10-21-42(48)43-22-11-13-25-49(43)61)31-34-51(47)63-54(44)53(45)62(50)40-19-8-3-9-20-40/h1-35H. The van der Waals surface area contributed by atoms with E-state index in [2.05, 4.69) is 185 Å². The summed E-state index contributed by atoms with van der Waals surface area (Å²) in [6, 6.07) is 74.3. The Morgan fingerprint density at radius 1 is 0.333 bits per heavy atom. The fourth-order valence-electron chi connectivity index (χ4n) is 9.52. The van der Waals surface area contributed by atoms with E-state index in [0.29, 0.717) is 17.5 Å². The van der Waals surface area contributed by atoms with Crippen LogP contribution in [0.1, 0.15) is 0 Å². The van der Waals surface area contributed by atoms with Crippen molar-refractivity contribution in [1.29, 1.82) is 0 Å². The maximum atomic E-state index is 6.97. The Kier molecular flexibility index (Phi) is 7.80. The van der Waals surface area contributed by atoms with Crippen LogP contribution in [0.3, 0.4) is 0 Å². The first-order chi connectivity index (χ1) is 31.2. The monoisotopic (exact) mass is 805 g/mol. The van der Waals surface area contributed by atoms with Crippen LogP contribution in [0.15, 0.2) is 217 Å². The largest absolute Gasteiger partial charge is 0.454 e. The van der Waals surface area contributed by atoms with Crippen molar-refractivity contribution in [3.63, 3.8) is 0 Å². The van der Waals surface area contributed by atoms with Gasteiger partial charge in [-0.1, -0.05) is 158 Å². The molecule has 0 saturated heterocycles. The Morgan fingerprint density at radius 3 is 1.57 bits per heavy atom. The second kappa shape index (κ2) is 14.0. The highest BCUT2D eigenvalue weighted by Crippen LogP contribution is 2.44. The van der Waals surface area contributed by atoms with E-state index < -0.39 is 0 Å². The van der Waals surface area contributed by atoms with Gasteiger partial charge in [0.2, 0.25) is 0 Å². The molecule has 13 aromatic rings. The van der Waals surface area contributed by atoms with Crippen LogP contribution in [0, 0.1) is 0 Å². The predicted octanol–water partition coefficient (Wildman–Crippen LogP) is 14.6. The van der Waals surface area contributed by atoms with E-state index in [1.165, 1.54) is 21.8 Å². The van der Waals surface area contributed by atoms with Gasteiger partial charge in [-0.25, -0.2) is 15.0 Å². The second-order valence-corrected chi connectivity index (χ2v) is 16.0. The molecule has 0 unspecified atom stereocenters. The number of aromatic nitrogens is 5. The molecular formula is C57H35N5O. The maximum Gasteiger partial charge on any atom is 0.164 e. The van der Waals surface area contributed by atoms with Crippen molar-refractivity contribution < 1.29 is 4.42 Å². The minimum Gasteiger partial charge on any atom is -0.454 e. The van der Waals surface area contributed by atoms with E-state index in [-0.39, 0.29) is 0 Å². The fourth-order valence-corrected chi connectivity index (χ4v) is 9.52. The summed E-state index contributed by atoms with van der Waals surface area (Å²) in [6.45, 7) is 0. The summed E-state index contributed by atoms with van der Waals surface area (Å²) >= 11 is 0. The van der Waals surface area contributed by atoms with Crippen molar-refractivity contribution in [3.05, 3.63) is 212 Å². The third-order valence-electron chi connectivity index (χ3n) is 12.4. The van der Waals surface area contributed by atoms with E-state index in [1.54, 1.807) is 0 Å². The van der Waals surface area contributed by atoms with Crippen molar-refractivity contribution in [1.82, 2.24) is 24.1 Å². The summed E-state index contributed by atoms with van der Waals surface area (Å²) in [6.07, 6.45) is 0. The van der Waals surface area contributed by atoms with E-state index in [4.69, 9.17) is 19.4 Å². The summed E-state index contributed by atoms with van der Waals surface area (Å²) < 4.78 is 11.7. The van der Waals surface area contributed by atoms with Crippen LogP contribution in [-0.2, 0) is 0 Å². The molecule has 0 fully saturated rings. The molecule has 4 heterocycles. The van der Waals surface area contributed by atoms with Crippen molar-refractivity contribution in [3.8, 4) is 56.7 Å². The average molecular weight is 806 g/mol. The summed E-state index contributed by atoms with van der Waals surface area (Å²) in [4.78, 5) is 15.6. The average Bonchev–Trinajstić information content (AvgIpc) is 4.02. The number of hydrogen-bond acceptors (Lipinski definition) is 4. The van der Waals surface area contributed by atoms with Crippen molar-refractivity contribution in [2.24, 2.45) is 0 Å². The van der Waals surface area contributed by atoms with Gasteiger partial charge in [0.1, 0.15) is 5.58 Å². The van der Waals surface area contributed by atoms with Gasteiger partial charge < -0.3 is 13.6 Å². The Bertz CT molecular complexity index is 3830.